The molecule has 1 aliphatic carbocycles. The average molecular weight is 240 g/mol. The van der Waals surface area contributed by atoms with Crippen molar-refractivity contribution in [2.24, 2.45) is 5.92 Å². The van der Waals surface area contributed by atoms with Crippen molar-refractivity contribution in [1.29, 1.82) is 0 Å². The normalized spacial score (nSPS) is 32.8. The summed E-state index contributed by atoms with van der Waals surface area (Å²) >= 11 is 0. The Morgan fingerprint density at radius 1 is 1.12 bits per heavy atom. The van der Waals surface area contributed by atoms with Crippen molar-refractivity contribution in [3.05, 3.63) is 0 Å². The average Bonchev–Trinajstić information content (AvgIpc) is 2.34. The molecule has 1 saturated heterocycles. The lowest BCUT2D eigenvalue weighted by Crippen LogP contribution is -2.43. The van der Waals surface area contributed by atoms with Gasteiger partial charge in [0.15, 0.2) is 0 Å². The first-order valence-electron chi connectivity index (χ1n) is 7.35. The Balaban J connectivity index is 1.59. The molecule has 0 aromatic carbocycles. The second kappa shape index (κ2) is 6.72. The van der Waals surface area contributed by atoms with E-state index in [4.69, 9.17) is 0 Å². The molecule has 0 aromatic heterocycles. The molecule has 1 heterocycles. The lowest BCUT2D eigenvalue weighted by atomic mass is 9.91. The van der Waals surface area contributed by atoms with Gasteiger partial charge in [-0.3, -0.25) is 0 Å². The standard InChI is InChI=1S/C14H28N2O/c1-16-10-7-12(8-11-16)6-9-15-13-4-2-3-5-14(13)17/h12-15,17H,2-11H2,1H3/t13-,14-/m0/s1. The van der Waals surface area contributed by atoms with Crippen LogP contribution in [-0.2, 0) is 0 Å². The highest BCUT2D eigenvalue weighted by molar-refractivity contribution is 4.81. The number of aliphatic hydroxyl groups is 1. The molecule has 1 saturated carbocycles. The zero-order valence-corrected chi connectivity index (χ0v) is 11.2. The number of hydrogen-bond donors (Lipinski definition) is 2. The fourth-order valence-corrected chi connectivity index (χ4v) is 3.17. The SMILES string of the molecule is CN1CCC(CCN[C@H]2CCCC[C@@H]2O)CC1. The van der Waals surface area contributed by atoms with E-state index in [2.05, 4.69) is 17.3 Å². The van der Waals surface area contributed by atoms with Crippen LogP contribution in [0.1, 0.15) is 44.9 Å². The summed E-state index contributed by atoms with van der Waals surface area (Å²) in [6, 6.07) is 0.370. The molecule has 0 spiro atoms. The minimum Gasteiger partial charge on any atom is -0.392 e. The molecule has 0 bridgehead atoms. The van der Waals surface area contributed by atoms with Gasteiger partial charge in [-0.2, -0.15) is 0 Å². The highest BCUT2D eigenvalue weighted by atomic mass is 16.3. The van der Waals surface area contributed by atoms with E-state index in [0.29, 0.717) is 6.04 Å². The first-order chi connectivity index (χ1) is 8.25. The molecule has 2 atom stereocenters. The molecule has 0 amide bonds. The molecule has 17 heavy (non-hydrogen) atoms. The minimum atomic E-state index is -0.0961. The Morgan fingerprint density at radius 2 is 1.82 bits per heavy atom. The predicted octanol–water partition coefficient (Wildman–Crippen LogP) is 1.61. The van der Waals surface area contributed by atoms with Crippen LogP contribution in [0.25, 0.3) is 0 Å². The largest absolute Gasteiger partial charge is 0.392 e. The van der Waals surface area contributed by atoms with Crippen LogP contribution in [0.5, 0.6) is 0 Å². The Morgan fingerprint density at radius 3 is 2.53 bits per heavy atom. The topological polar surface area (TPSA) is 35.5 Å². The van der Waals surface area contributed by atoms with Gasteiger partial charge in [-0.15, -0.1) is 0 Å². The molecular formula is C14H28N2O. The Hall–Kier alpha value is -0.120. The van der Waals surface area contributed by atoms with Gasteiger partial charge in [0.2, 0.25) is 0 Å². The fraction of sp³-hybridized carbons (Fsp3) is 1.00. The highest BCUT2D eigenvalue weighted by Crippen LogP contribution is 2.21. The number of rotatable bonds is 4. The first-order valence-corrected chi connectivity index (χ1v) is 7.35. The minimum absolute atomic E-state index is 0.0961. The second-order valence-corrected chi connectivity index (χ2v) is 5.95. The van der Waals surface area contributed by atoms with E-state index < -0.39 is 0 Å². The number of piperidine rings is 1. The van der Waals surface area contributed by atoms with Crippen LogP contribution >= 0.6 is 0 Å². The van der Waals surface area contributed by atoms with Crippen molar-refractivity contribution in [3.8, 4) is 0 Å². The van der Waals surface area contributed by atoms with Crippen LogP contribution in [0.2, 0.25) is 0 Å². The van der Waals surface area contributed by atoms with E-state index >= 15 is 0 Å². The molecule has 2 N–H and O–H groups in total. The number of likely N-dealkylation sites (tertiary alicyclic amines) is 1. The summed E-state index contributed by atoms with van der Waals surface area (Å²) in [5.74, 6) is 0.902. The van der Waals surface area contributed by atoms with E-state index in [0.717, 1.165) is 25.3 Å². The molecule has 100 valence electrons. The van der Waals surface area contributed by atoms with Crippen LogP contribution in [0.4, 0.5) is 0 Å². The molecule has 0 aromatic rings. The number of nitrogens with zero attached hydrogens (tertiary/aromatic N) is 1. The maximum Gasteiger partial charge on any atom is 0.0693 e. The predicted molar refractivity (Wildman–Crippen MR) is 71.1 cm³/mol. The molecule has 0 unspecified atom stereocenters. The summed E-state index contributed by atoms with van der Waals surface area (Å²) in [6.45, 7) is 3.61. The van der Waals surface area contributed by atoms with Crippen LogP contribution in [0.15, 0.2) is 0 Å². The lowest BCUT2D eigenvalue weighted by Gasteiger charge is -2.31. The lowest BCUT2D eigenvalue weighted by molar-refractivity contribution is 0.0895. The van der Waals surface area contributed by atoms with Gasteiger partial charge in [0.25, 0.3) is 0 Å². The van der Waals surface area contributed by atoms with Crippen LogP contribution in [-0.4, -0.2) is 48.8 Å². The van der Waals surface area contributed by atoms with Gasteiger partial charge in [0.05, 0.1) is 6.10 Å². The van der Waals surface area contributed by atoms with Crippen molar-refractivity contribution in [2.45, 2.75) is 57.1 Å². The van der Waals surface area contributed by atoms with E-state index in [9.17, 15) is 5.11 Å². The zero-order chi connectivity index (χ0) is 12.1. The third-order valence-corrected chi connectivity index (χ3v) is 4.53. The van der Waals surface area contributed by atoms with Crippen LogP contribution < -0.4 is 5.32 Å². The van der Waals surface area contributed by atoms with Crippen LogP contribution in [0.3, 0.4) is 0 Å². The Kier molecular flexibility index (Phi) is 5.26. The van der Waals surface area contributed by atoms with Crippen LogP contribution in [0, 0.1) is 5.92 Å². The van der Waals surface area contributed by atoms with Gasteiger partial charge >= 0.3 is 0 Å². The second-order valence-electron chi connectivity index (χ2n) is 5.95. The van der Waals surface area contributed by atoms with Crippen molar-refractivity contribution in [2.75, 3.05) is 26.7 Å². The molecule has 2 fully saturated rings. The number of hydrogen-bond acceptors (Lipinski definition) is 3. The Labute approximate surface area is 106 Å². The monoisotopic (exact) mass is 240 g/mol. The molecule has 3 heteroatoms. The number of nitrogens with one attached hydrogen (secondary N) is 1. The maximum atomic E-state index is 9.87. The van der Waals surface area contributed by atoms with Gasteiger partial charge in [-0.1, -0.05) is 12.8 Å². The molecular weight excluding hydrogens is 212 g/mol. The van der Waals surface area contributed by atoms with Crippen molar-refractivity contribution in [3.63, 3.8) is 0 Å². The molecule has 3 nitrogen and oxygen atoms in total. The summed E-state index contributed by atoms with van der Waals surface area (Å²) < 4.78 is 0. The third kappa shape index (κ3) is 4.23. The van der Waals surface area contributed by atoms with Gasteiger partial charge < -0.3 is 15.3 Å². The smallest absolute Gasteiger partial charge is 0.0693 e. The third-order valence-electron chi connectivity index (χ3n) is 4.53. The number of aliphatic hydroxyl groups excluding tert-OH is 1. The quantitative estimate of drug-likeness (QED) is 0.784. The summed E-state index contributed by atoms with van der Waals surface area (Å²) in [5.41, 5.74) is 0. The maximum absolute atomic E-state index is 9.87. The van der Waals surface area contributed by atoms with E-state index in [1.165, 1.54) is 45.2 Å². The van der Waals surface area contributed by atoms with E-state index in [1.54, 1.807) is 0 Å². The van der Waals surface area contributed by atoms with Gasteiger partial charge in [-0.25, -0.2) is 0 Å². The zero-order valence-electron chi connectivity index (χ0n) is 11.2. The molecule has 2 rings (SSSR count). The first kappa shape index (κ1) is 13.3. The molecule has 1 aliphatic heterocycles. The van der Waals surface area contributed by atoms with Gasteiger partial charge in [0.1, 0.15) is 0 Å². The van der Waals surface area contributed by atoms with Crippen molar-refractivity contribution >= 4 is 0 Å². The molecule has 0 radical (unpaired) electrons. The Bertz CT molecular complexity index is 214. The summed E-state index contributed by atoms with van der Waals surface area (Å²) in [7, 11) is 2.22. The van der Waals surface area contributed by atoms with E-state index in [-0.39, 0.29) is 6.10 Å². The van der Waals surface area contributed by atoms with Gasteiger partial charge in [-0.05, 0) is 64.7 Å². The summed E-state index contributed by atoms with van der Waals surface area (Å²) in [5, 5.41) is 13.4. The fourth-order valence-electron chi connectivity index (χ4n) is 3.17. The summed E-state index contributed by atoms with van der Waals surface area (Å²) in [6.07, 6.45) is 8.53. The summed E-state index contributed by atoms with van der Waals surface area (Å²) in [4.78, 5) is 2.43. The highest BCUT2D eigenvalue weighted by Gasteiger charge is 2.23. The van der Waals surface area contributed by atoms with Crippen molar-refractivity contribution < 1.29 is 5.11 Å². The molecule has 2 aliphatic rings. The van der Waals surface area contributed by atoms with Gasteiger partial charge in [0, 0.05) is 6.04 Å². The van der Waals surface area contributed by atoms with E-state index in [1.807, 2.05) is 0 Å². The van der Waals surface area contributed by atoms with Crippen molar-refractivity contribution in [1.82, 2.24) is 10.2 Å².